The summed E-state index contributed by atoms with van der Waals surface area (Å²) in [5, 5.41) is 11.5. The van der Waals surface area contributed by atoms with Crippen LogP contribution < -0.4 is 11.1 Å². The number of nitrogens with one attached hydrogen (secondary N) is 1. The molecule has 0 saturated heterocycles. The van der Waals surface area contributed by atoms with Crippen molar-refractivity contribution in [2.24, 2.45) is 0 Å². The van der Waals surface area contributed by atoms with E-state index in [-0.39, 0.29) is 34.8 Å². The molecule has 1 amide bonds. The number of hydrogen-bond acceptors (Lipinski definition) is 3. The van der Waals surface area contributed by atoms with E-state index < -0.39 is 0 Å². The quantitative estimate of drug-likeness (QED) is 0.706. The van der Waals surface area contributed by atoms with E-state index >= 15 is 0 Å². The topological polar surface area (TPSA) is 75.4 Å². The lowest BCUT2D eigenvalue weighted by Gasteiger charge is -2.06. The van der Waals surface area contributed by atoms with E-state index in [1.165, 1.54) is 12.1 Å². The van der Waals surface area contributed by atoms with Crippen molar-refractivity contribution in [1.82, 2.24) is 5.32 Å². The summed E-state index contributed by atoms with van der Waals surface area (Å²) in [5.74, 6) is -0.354. The molecule has 0 radical (unpaired) electrons. The molecule has 0 heterocycles. The Morgan fingerprint density at radius 1 is 1.40 bits per heavy atom. The molecule has 6 heteroatoms. The van der Waals surface area contributed by atoms with Gasteiger partial charge in [-0.15, -0.1) is 0 Å². The fourth-order valence-corrected chi connectivity index (χ4v) is 1.47. The van der Waals surface area contributed by atoms with Crippen LogP contribution in [0.25, 0.3) is 0 Å². The van der Waals surface area contributed by atoms with E-state index in [9.17, 15) is 4.79 Å². The Balaban J connectivity index is 2.91. The highest BCUT2D eigenvalue weighted by atomic mass is 35.5. The number of hydrogen-bond donors (Lipinski definition) is 3. The van der Waals surface area contributed by atoms with Crippen LogP contribution in [0.1, 0.15) is 10.4 Å². The van der Waals surface area contributed by atoms with Crippen LogP contribution in [0, 0.1) is 0 Å². The van der Waals surface area contributed by atoms with E-state index in [4.69, 9.17) is 34.0 Å². The molecule has 1 rings (SSSR count). The van der Waals surface area contributed by atoms with Crippen molar-refractivity contribution >= 4 is 34.8 Å². The van der Waals surface area contributed by atoms with Gasteiger partial charge in [0.1, 0.15) is 0 Å². The largest absolute Gasteiger partial charge is 0.396 e. The number of aliphatic hydroxyl groups is 1. The molecule has 0 aliphatic carbocycles. The van der Waals surface area contributed by atoms with Crippen LogP contribution in [0.2, 0.25) is 10.0 Å². The monoisotopic (exact) mass is 248 g/mol. The van der Waals surface area contributed by atoms with E-state index in [0.717, 1.165) is 0 Å². The fraction of sp³-hybridized carbons (Fsp3) is 0.222. The van der Waals surface area contributed by atoms with Crippen LogP contribution in [0.3, 0.4) is 0 Å². The first-order chi connectivity index (χ1) is 7.06. The van der Waals surface area contributed by atoms with Gasteiger partial charge in [0.05, 0.1) is 22.3 Å². The number of amides is 1. The molecule has 82 valence electrons. The number of rotatable bonds is 3. The first-order valence-corrected chi connectivity index (χ1v) is 4.95. The summed E-state index contributed by atoms with van der Waals surface area (Å²) in [4.78, 5) is 11.4. The van der Waals surface area contributed by atoms with Crippen molar-refractivity contribution in [2.45, 2.75) is 0 Å². The molecule has 4 N–H and O–H groups in total. The van der Waals surface area contributed by atoms with Gasteiger partial charge in [0, 0.05) is 12.1 Å². The normalized spacial score (nSPS) is 10.1. The zero-order valence-electron chi connectivity index (χ0n) is 7.76. The van der Waals surface area contributed by atoms with Crippen molar-refractivity contribution in [3.63, 3.8) is 0 Å². The lowest BCUT2D eigenvalue weighted by Crippen LogP contribution is -2.26. The highest BCUT2D eigenvalue weighted by Gasteiger charge is 2.10. The van der Waals surface area contributed by atoms with Crippen molar-refractivity contribution in [3.8, 4) is 0 Å². The Kier molecular flexibility index (Phi) is 4.20. The van der Waals surface area contributed by atoms with E-state index in [0.29, 0.717) is 5.56 Å². The van der Waals surface area contributed by atoms with E-state index in [1.54, 1.807) is 0 Å². The zero-order chi connectivity index (χ0) is 11.4. The highest BCUT2D eigenvalue weighted by Crippen LogP contribution is 2.28. The van der Waals surface area contributed by atoms with Gasteiger partial charge in [0.25, 0.3) is 5.91 Å². The molecule has 0 saturated carbocycles. The van der Waals surface area contributed by atoms with Crippen molar-refractivity contribution < 1.29 is 9.90 Å². The number of nitrogen functional groups attached to an aromatic ring is 1. The Morgan fingerprint density at radius 3 is 2.40 bits per heavy atom. The number of carbonyl (C=O) groups is 1. The summed E-state index contributed by atoms with van der Waals surface area (Å²) in [7, 11) is 0. The maximum absolute atomic E-state index is 11.4. The molecule has 4 nitrogen and oxygen atoms in total. The van der Waals surface area contributed by atoms with Gasteiger partial charge in [-0.05, 0) is 12.1 Å². The van der Waals surface area contributed by atoms with Crippen LogP contribution in [-0.4, -0.2) is 24.2 Å². The molecule has 0 atom stereocenters. The molecule has 0 fully saturated rings. The maximum atomic E-state index is 11.4. The third-order valence-corrected chi connectivity index (χ3v) is 2.36. The van der Waals surface area contributed by atoms with Crippen LogP contribution >= 0.6 is 23.2 Å². The van der Waals surface area contributed by atoms with Crippen molar-refractivity contribution in [2.75, 3.05) is 18.9 Å². The van der Waals surface area contributed by atoms with Crippen molar-refractivity contribution in [1.29, 1.82) is 0 Å². The molecule has 0 aromatic heterocycles. The maximum Gasteiger partial charge on any atom is 0.251 e. The van der Waals surface area contributed by atoms with Gasteiger partial charge >= 0.3 is 0 Å². The molecule has 0 aliphatic rings. The summed E-state index contributed by atoms with van der Waals surface area (Å²) in [5.41, 5.74) is 6.08. The van der Waals surface area contributed by atoms with E-state index in [1.807, 2.05) is 0 Å². The number of aliphatic hydroxyl groups excluding tert-OH is 1. The number of halogens is 2. The second kappa shape index (κ2) is 5.21. The SMILES string of the molecule is Nc1c(Cl)cc(C(=O)NCCO)cc1Cl. The van der Waals surface area contributed by atoms with Crippen LogP contribution in [0.15, 0.2) is 12.1 Å². The first kappa shape index (κ1) is 12.1. The summed E-state index contributed by atoms with van der Waals surface area (Å²) >= 11 is 11.5. The average molecular weight is 249 g/mol. The second-order valence-corrected chi connectivity index (χ2v) is 3.65. The molecule has 15 heavy (non-hydrogen) atoms. The van der Waals surface area contributed by atoms with Crippen LogP contribution in [0.4, 0.5) is 5.69 Å². The number of carbonyl (C=O) groups excluding carboxylic acids is 1. The summed E-state index contributed by atoms with van der Waals surface area (Å²) in [6.07, 6.45) is 0. The third-order valence-electron chi connectivity index (χ3n) is 1.74. The average Bonchev–Trinajstić information content (AvgIpc) is 2.21. The van der Waals surface area contributed by atoms with Gasteiger partial charge in [0.2, 0.25) is 0 Å². The molecular weight excluding hydrogens is 239 g/mol. The lowest BCUT2D eigenvalue weighted by atomic mass is 10.2. The predicted octanol–water partition coefficient (Wildman–Crippen LogP) is 1.30. The third kappa shape index (κ3) is 2.99. The summed E-state index contributed by atoms with van der Waals surface area (Å²) in [6, 6.07) is 2.85. The minimum atomic E-state index is -0.354. The Hall–Kier alpha value is -0.970. The predicted molar refractivity (Wildman–Crippen MR) is 60.3 cm³/mol. The van der Waals surface area contributed by atoms with Gasteiger partial charge in [-0.1, -0.05) is 23.2 Å². The molecule has 1 aromatic rings. The zero-order valence-corrected chi connectivity index (χ0v) is 9.27. The second-order valence-electron chi connectivity index (χ2n) is 2.83. The Morgan fingerprint density at radius 2 is 1.93 bits per heavy atom. The Bertz CT molecular complexity index is 359. The van der Waals surface area contributed by atoms with E-state index in [2.05, 4.69) is 5.32 Å². The molecule has 0 spiro atoms. The van der Waals surface area contributed by atoms with Gasteiger partial charge in [0.15, 0.2) is 0 Å². The number of benzene rings is 1. The number of anilines is 1. The fourth-order valence-electron chi connectivity index (χ4n) is 0.987. The summed E-state index contributed by atoms with van der Waals surface area (Å²) < 4.78 is 0. The minimum Gasteiger partial charge on any atom is -0.396 e. The Labute approximate surface area is 97.0 Å². The smallest absolute Gasteiger partial charge is 0.251 e. The number of nitrogens with two attached hydrogens (primary N) is 1. The molecule has 0 unspecified atom stereocenters. The minimum absolute atomic E-state index is 0.123. The molecular formula is C9H10Cl2N2O2. The van der Waals surface area contributed by atoms with Gasteiger partial charge in [-0.25, -0.2) is 0 Å². The lowest BCUT2D eigenvalue weighted by molar-refractivity contribution is 0.0945. The highest BCUT2D eigenvalue weighted by molar-refractivity contribution is 6.39. The molecule has 0 bridgehead atoms. The van der Waals surface area contributed by atoms with Gasteiger partial charge in [-0.3, -0.25) is 4.79 Å². The van der Waals surface area contributed by atoms with Crippen LogP contribution in [-0.2, 0) is 0 Å². The van der Waals surface area contributed by atoms with Gasteiger partial charge < -0.3 is 16.2 Å². The van der Waals surface area contributed by atoms with Gasteiger partial charge in [-0.2, -0.15) is 0 Å². The molecule has 1 aromatic carbocycles. The summed E-state index contributed by atoms with van der Waals surface area (Å²) in [6.45, 7) is 0.0562. The first-order valence-electron chi connectivity index (χ1n) is 4.20. The standard InChI is InChI=1S/C9H10Cl2N2O2/c10-6-3-5(4-7(11)8(6)12)9(15)13-1-2-14/h3-4,14H,1-2,12H2,(H,13,15). The molecule has 0 aliphatic heterocycles. The van der Waals surface area contributed by atoms with Crippen LogP contribution in [0.5, 0.6) is 0 Å². The van der Waals surface area contributed by atoms with Crippen molar-refractivity contribution in [3.05, 3.63) is 27.7 Å².